The van der Waals surface area contributed by atoms with Gasteiger partial charge >= 0.3 is 0 Å². The molecule has 1 aliphatic heterocycles. The number of imidazole rings is 1. The van der Waals surface area contributed by atoms with Crippen molar-refractivity contribution >= 4 is 16.8 Å². The van der Waals surface area contributed by atoms with E-state index < -0.39 is 0 Å². The van der Waals surface area contributed by atoms with Crippen LogP contribution in [0.15, 0.2) is 54.6 Å². The zero-order chi connectivity index (χ0) is 30.5. The van der Waals surface area contributed by atoms with Gasteiger partial charge in [0.1, 0.15) is 11.6 Å². The maximum atomic E-state index is 13.8. The Kier molecular flexibility index (Phi) is 9.99. The van der Waals surface area contributed by atoms with Gasteiger partial charge in [-0.2, -0.15) is 0 Å². The zero-order valence-corrected chi connectivity index (χ0v) is 26.8. The van der Waals surface area contributed by atoms with Crippen LogP contribution in [0.1, 0.15) is 71.5 Å². The van der Waals surface area contributed by atoms with Crippen LogP contribution in [0.5, 0.6) is 5.75 Å². The summed E-state index contributed by atoms with van der Waals surface area (Å²) in [5.74, 6) is 2.83. The highest BCUT2D eigenvalue weighted by Crippen LogP contribution is 2.30. The summed E-state index contributed by atoms with van der Waals surface area (Å²) < 4.78 is 13.3. The number of carbonyl (C=O) groups excluding carboxylic acids is 1. The van der Waals surface area contributed by atoms with Gasteiger partial charge in [-0.3, -0.25) is 14.3 Å². The lowest BCUT2D eigenvalue weighted by atomic mass is 9.86. The summed E-state index contributed by atoms with van der Waals surface area (Å²) in [4.78, 5) is 21.5. The molecule has 0 N–H and O–H groups in total. The van der Waals surface area contributed by atoms with Gasteiger partial charge in [-0.25, -0.2) is 4.98 Å². The Morgan fingerprint density at radius 2 is 1.65 bits per heavy atom. The van der Waals surface area contributed by atoms with Gasteiger partial charge in [-0.15, -0.1) is 0 Å². The van der Waals surface area contributed by atoms with Crippen LogP contribution in [-0.2, 0) is 17.7 Å². The molecule has 0 spiro atoms. The first-order chi connectivity index (χ1) is 20.7. The number of hydrogen-bond acceptors (Lipinski definition) is 5. The predicted octanol–water partition coefficient (Wildman–Crippen LogP) is 7.66. The van der Waals surface area contributed by atoms with Gasteiger partial charge in [0.25, 0.3) is 0 Å². The quantitative estimate of drug-likeness (QED) is 0.161. The maximum absolute atomic E-state index is 13.8. The van der Waals surface area contributed by atoms with E-state index in [-0.39, 0.29) is 11.7 Å². The number of Topliss-reactive ketones (excluding diaryl/α,β-unsaturated/α-hetero) is 1. The Bertz CT molecular complexity index is 1520. The third kappa shape index (κ3) is 7.54. The summed E-state index contributed by atoms with van der Waals surface area (Å²) in [5, 5.41) is 0. The van der Waals surface area contributed by atoms with E-state index in [2.05, 4.69) is 86.6 Å². The molecule has 3 aromatic carbocycles. The lowest BCUT2D eigenvalue weighted by Crippen LogP contribution is -2.35. The smallest absolute Gasteiger partial charge is 0.163 e. The minimum Gasteiger partial charge on any atom is -0.497 e. The van der Waals surface area contributed by atoms with Crippen molar-refractivity contribution in [1.29, 1.82) is 0 Å². The largest absolute Gasteiger partial charge is 0.497 e. The fourth-order valence-corrected chi connectivity index (χ4v) is 6.54. The van der Waals surface area contributed by atoms with Crippen LogP contribution in [0.4, 0.5) is 0 Å². The fraction of sp³-hybridized carbons (Fsp3) is 0.459. The van der Waals surface area contributed by atoms with Gasteiger partial charge in [-0.05, 0) is 92.1 Å². The summed E-state index contributed by atoms with van der Waals surface area (Å²) in [6, 6.07) is 19.1. The number of aromatic nitrogens is 2. The second-order valence-corrected chi connectivity index (χ2v) is 12.7. The Morgan fingerprint density at radius 3 is 2.30 bits per heavy atom. The first-order valence-electron chi connectivity index (χ1n) is 15.8. The van der Waals surface area contributed by atoms with Crippen molar-refractivity contribution in [1.82, 2.24) is 14.5 Å². The van der Waals surface area contributed by atoms with E-state index in [1.807, 2.05) is 12.1 Å². The second kappa shape index (κ2) is 13.9. The van der Waals surface area contributed by atoms with Crippen molar-refractivity contribution in [3.05, 3.63) is 88.2 Å². The Morgan fingerprint density at radius 1 is 0.953 bits per heavy atom. The number of fused-ring (bicyclic) bond motifs is 1. The summed E-state index contributed by atoms with van der Waals surface area (Å²) in [6.07, 6.45) is 3.32. The van der Waals surface area contributed by atoms with Crippen LogP contribution in [0.3, 0.4) is 0 Å². The highest BCUT2D eigenvalue weighted by atomic mass is 16.5. The molecule has 228 valence electrons. The highest BCUT2D eigenvalue weighted by Gasteiger charge is 2.23. The van der Waals surface area contributed by atoms with E-state index in [0.29, 0.717) is 12.3 Å². The van der Waals surface area contributed by atoms with Gasteiger partial charge in [0.2, 0.25) is 0 Å². The van der Waals surface area contributed by atoms with Gasteiger partial charge in [0.15, 0.2) is 5.78 Å². The minimum absolute atomic E-state index is 0.191. The number of hydrogen-bond donors (Lipinski definition) is 0. The average molecular weight is 582 g/mol. The van der Waals surface area contributed by atoms with Gasteiger partial charge < -0.3 is 9.47 Å². The molecule has 1 saturated heterocycles. The van der Waals surface area contributed by atoms with Crippen LogP contribution >= 0.6 is 0 Å². The molecule has 0 radical (unpaired) electrons. The molecule has 6 nitrogen and oxygen atoms in total. The van der Waals surface area contributed by atoms with E-state index in [9.17, 15) is 4.79 Å². The zero-order valence-electron chi connectivity index (χ0n) is 26.8. The third-order valence-electron chi connectivity index (χ3n) is 8.68. The molecule has 0 bridgehead atoms. The van der Waals surface area contributed by atoms with E-state index in [1.54, 1.807) is 7.11 Å². The molecule has 0 saturated carbocycles. The van der Waals surface area contributed by atoms with Gasteiger partial charge in [0, 0.05) is 43.7 Å². The molecule has 2 heterocycles. The number of rotatable bonds is 12. The molecular formula is C37H47N3O3. The number of methoxy groups -OCH3 is 1. The Labute approximate surface area is 257 Å². The average Bonchev–Trinajstić information content (AvgIpc) is 3.32. The molecule has 1 atom stereocenters. The van der Waals surface area contributed by atoms with Crippen LogP contribution < -0.4 is 4.74 Å². The number of aryl methyl sites for hydroxylation is 3. The highest BCUT2D eigenvalue weighted by molar-refractivity contribution is 5.99. The third-order valence-corrected chi connectivity index (χ3v) is 8.68. The van der Waals surface area contributed by atoms with Crippen molar-refractivity contribution in [3.63, 3.8) is 0 Å². The first-order valence-corrected chi connectivity index (χ1v) is 15.8. The monoisotopic (exact) mass is 581 g/mol. The summed E-state index contributed by atoms with van der Waals surface area (Å²) in [6.45, 7) is 15.1. The topological polar surface area (TPSA) is 56.6 Å². The molecule has 43 heavy (non-hydrogen) atoms. The Balaban J connectivity index is 1.50. The SMILES string of the molecule is COc1ccc(-n2c(CC(CCC(C)C)CC(=O)c3c(C)cc(C)cc3C)nc3cc(CN4CCOCC4)ccc32)cc1. The second-order valence-electron chi connectivity index (χ2n) is 12.7. The number of nitrogens with zero attached hydrogens (tertiary/aromatic N) is 3. The molecular weight excluding hydrogens is 534 g/mol. The summed E-state index contributed by atoms with van der Waals surface area (Å²) in [7, 11) is 1.69. The molecule has 0 amide bonds. The molecule has 6 heteroatoms. The van der Waals surface area contributed by atoms with Crippen molar-refractivity contribution in [2.75, 3.05) is 33.4 Å². The van der Waals surface area contributed by atoms with E-state index in [4.69, 9.17) is 14.5 Å². The molecule has 1 aliphatic rings. The van der Waals surface area contributed by atoms with Gasteiger partial charge in [-0.1, -0.05) is 44.0 Å². The summed E-state index contributed by atoms with van der Waals surface area (Å²) in [5.41, 5.74) is 8.63. The van der Waals surface area contributed by atoms with E-state index in [1.165, 1.54) is 11.1 Å². The molecule has 0 aliphatic carbocycles. The van der Waals surface area contributed by atoms with Crippen molar-refractivity contribution in [3.8, 4) is 11.4 Å². The van der Waals surface area contributed by atoms with Crippen LogP contribution in [0.25, 0.3) is 16.7 Å². The first kappa shape index (κ1) is 31.0. The molecule has 1 unspecified atom stereocenters. The molecule has 1 fully saturated rings. The Hall–Kier alpha value is -3.48. The van der Waals surface area contributed by atoms with Crippen molar-refractivity contribution in [2.24, 2.45) is 11.8 Å². The predicted molar refractivity (Wildman–Crippen MR) is 175 cm³/mol. The number of morpholine rings is 1. The number of carbonyl (C=O) groups is 1. The van der Waals surface area contributed by atoms with Crippen LogP contribution in [0.2, 0.25) is 0 Å². The number of ether oxygens (including phenoxy) is 2. The van der Waals surface area contributed by atoms with E-state index in [0.717, 1.165) is 97.1 Å². The number of ketones is 1. The normalized spacial score (nSPS) is 14.9. The van der Waals surface area contributed by atoms with E-state index >= 15 is 0 Å². The van der Waals surface area contributed by atoms with Crippen LogP contribution in [0, 0.1) is 32.6 Å². The molecule has 5 rings (SSSR count). The lowest BCUT2D eigenvalue weighted by Gasteiger charge is -2.26. The maximum Gasteiger partial charge on any atom is 0.163 e. The fourth-order valence-electron chi connectivity index (χ4n) is 6.54. The van der Waals surface area contributed by atoms with Crippen molar-refractivity contribution in [2.45, 2.75) is 66.8 Å². The minimum atomic E-state index is 0.191. The number of benzene rings is 3. The van der Waals surface area contributed by atoms with Crippen molar-refractivity contribution < 1.29 is 14.3 Å². The van der Waals surface area contributed by atoms with Crippen LogP contribution in [-0.4, -0.2) is 53.6 Å². The molecule has 1 aromatic heterocycles. The van der Waals surface area contributed by atoms with Gasteiger partial charge in [0.05, 0.1) is 31.4 Å². The summed E-state index contributed by atoms with van der Waals surface area (Å²) >= 11 is 0. The standard InChI is InChI=1S/C37H47N3O3/c1-25(2)7-8-29(22-35(41)37-27(4)19-26(3)20-28(37)5)23-36-38-33-21-30(24-39-15-17-43-18-16-39)9-14-34(33)40(36)31-10-12-32(42-6)13-11-31/h9-14,19-21,25,29H,7-8,15-18,22-24H2,1-6H3. The lowest BCUT2D eigenvalue weighted by molar-refractivity contribution is 0.0342. The molecule has 4 aromatic rings.